The van der Waals surface area contributed by atoms with E-state index in [-0.39, 0.29) is 5.97 Å². The Labute approximate surface area is 135 Å². The monoisotopic (exact) mass is 310 g/mol. The molecular weight excluding hydrogens is 292 g/mol. The number of aryl methyl sites for hydroxylation is 2. The van der Waals surface area contributed by atoms with Gasteiger partial charge in [-0.25, -0.2) is 4.79 Å². The number of hydrogen-bond acceptors (Lipinski definition) is 3. The van der Waals surface area contributed by atoms with Crippen molar-refractivity contribution in [1.82, 2.24) is 0 Å². The normalized spacial score (nSPS) is 14.4. The van der Waals surface area contributed by atoms with Gasteiger partial charge in [-0.1, -0.05) is 30.3 Å². The Morgan fingerprint density at radius 3 is 2.27 bits per heavy atom. The van der Waals surface area contributed by atoms with Crippen LogP contribution in [0.5, 0.6) is 0 Å². The molecule has 1 aliphatic heterocycles. The highest BCUT2D eigenvalue weighted by atomic mass is 32.2. The van der Waals surface area contributed by atoms with E-state index in [9.17, 15) is 4.79 Å². The van der Waals surface area contributed by atoms with Crippen LogP contribution in [0.15, 0.2) is 47.4 Å². The fourth-order valence-electron chi connectivity index (χ4n) is 2.61. The number of carbonyl (C=O) groups excluding carboxylic acids is 1. The van der Waals surface area contributed by atoms with Crippen LogP contribution in [0.3, 0.4) is 0 Å². The molecule has 3 rings (SSSR count). The number of ether oxygens (including phenoxy) is 1. The molecule has 1 heterocycles. The summed E-state index contributed by atoms with van der Waals surface area (Å²) in [5, 5.41) is 0. The first-order chi connectivity index (χ1) is 10.6. The summed E-state index contributed by atoms with van der Waals surface area (Å²) in [4.78, 5) is 13.4. The van der Waals surface area contributed by atoms with Crippen molar-refractivity contribution < 1.29 is 9.53 Å². The quantitative estimate of drug-likeness (QED) is 0.617. The predicted octanol–water partition coefficient (Wildman–Crippen LogP) is 4.49. The van der Waals surface area contributed by atoms with Gasteiger partial charge in [0, 0.05) is 10.5 Å². The summed E-state index contributed by atoms with van der Waals surface area (Å²) in [6, 6.07) is 14.4. The van der Waals surface area contributed by atoms with Crippen molar-refractivity contribution in [3.8, 4) is 0 Å². The molecule has 0 bridgehead atoms. The number of thioether (sulfide) groups is 1. The van der Waals surface area contributed by atoms with E-state index in [2.05, 4.69) is 32.0 Å². The van der Waals surface area contributed by atoms with Crippen LogP contribution in [-0.2, 0) is 9.53 Å². The van der Waals surface area contributed by atoms with Crippen LogP contribution < -0.4 is 0 Å². The molecule has 2 aromatic rings. The molecule has 0 fully saturated rings. The van der Waals surface area contributed by atoms with E-state index in [0.29, 0.717) is 12.2 Å². The highest BCUT2D eigenvalue weighted by Gasteiger charge is 2.27. The Morgan fingerprint density at radius 1 is 0.955 bits per heavy atom. The summed E-state index contributed by atoms with van der Waals surface area (Å²) in [7, 11) is 0. The van der Waals surface area contributed by atoms with Crippen LogP contribution in [0.25, 0.3) is 11.1 Å². The maximum atomic E-state index is 12.2. The third-order valence-electron chi connectivity index (χ3n) is 4.09. The highest BCUT2D eigenvalue weighted by Crippen LogP contribution is 2.34. The average molecular weight is 310 g/mol. The maximum absolute atomic E-state index is 12.2. The molecule has 0 atom stereocenters. The molecule has 0 unspecified atom stereocenters. The van der Waals surface area contributed by atoms with Gasteiger partial charge in [0.1, 0.15) is 6.61 Å². The summed E-state index contributed by atoms with van der Waals surface area (Å²) in [5.41, 5.74) is 6.13. The van der Waals surface area contributed by atoms with Crippen molar-refractivity contribution >= 4 is 28.9 Å². The Kier molecular flexibility index (Phi) is 4.08. The van der Waals surface area contributed by atoms with Crippen LogP contribution >= 0.6 is 11.8 Å². The first-order valence-corrected chi connectivity index (χ1v) is 8.45. The summed E-state index contributed by atoms with van der Waals surface area (Å²) in [6.07, 6.45) is 2.04. The van der Waals surface area contributed by atoms with Gasteiger partial charge >= 0.3 is 5.97 Å². The maximum Gasteiger partial charge on any atom is 0.339 e. The minimum absolute atomic E-state index is 0.231. The number of benzene rings is 2. The summed E-state index contributed by atoms with van der Waals surface area (Å²) < 4.78 is 5.30. The Morgan fingerprint density at radius 2 is 1.64 bits per heavy atom. The van der Waals surface area contributed by atoms with Crippen molar-refractivity contribution in [3.05, 3.63) is 64.7 Å². The lowest BCUT2D eigenvalue weighted by Gasteiger charge is -2.08. The third kappa shape index (κ3) is 2.69. The van der Waals surface area contributed by atoms with E-state index >= 15 is 0 Å². The molecule has 3 heteroatoms. The highest BCUT2D eigenvalue weighted by molar-refractivity contribution is 7.98. The molecule has 0 amide bonds. The second-order valence-corrected chi connectivity index (χ2v) is 6.34. The van der Waals surface area contributed by atoms with Gasteiger partial charge in [0.15, 0.2) is 0 Å². The number of carbonyl (C=O) groups is 1. The zero-order valence-electron chi connectivity index (χ0n) is 13.0. The summed E-state index contributed by atoms with van der Waals surface area (Å²) in [5.74, 6) is -0.231. The standard InChI is InChI=1S/C19H18O2S/c1-12-4-5-15(10-13(12)2)17-11-21-19(20)18(17)14-6-8-16(22-3)9-7-14/h4-10H,11H2,1-3H3. The molecule has 0 aliphatic carbocycles. The number of esters is 1. The Hall–Kier alpha value is -2.00. The van der Waals surface area contributed by atoms with Crippen molar-refractivity contribution in [1.29, 1.82) is 0 Å². The first-order valence-electron chi connectivity index (χ1n) is 7.22. The average Bonchev–Trinajstić information content (AvgIpc) is 2.92. The van der Waals surface area contributed by atoms with E-state index in [4.69, 9.17) is 4.74 Å². The topological polar surface area (TPSA) is 26.3 Å². The van der Waals surface area contributed by atoms with E-state index in [1.54, 1.807) is 11.8 Å². The second kappa shape index (κ2) is 6.01. The van der Waals surface area contributed by atoms with E-state index in [1.165, 1.54) is 16.0 Å². The van der Waals surface area contributed by atoms with Gasteiger partial charge in [-0.2, -0.15) is 0 Å². The molecule has 2 aromatic carbocycles. The first kappa shape index (κ1) is 14.9. The van der Waals surface area contributed by atoms with Crippen LogP contribution in [0.2, 0.25) is 0 Å². The van der Waals surface area contributed by atoms with Crippen molar-refractivity contribution in [2.24, 2.45) is 0 Å². The third-order valence-corrected chi connectivity index (χ3v) is 4.83. The van der Waals surface area contributed by atoms with Crippen molar-refractivity contribution in [2.45, 2.75) is 18.7 Å². The minimum Gasteiger partial charge on any atom is -0.457 e. The van der Waals surface area contributed by atoms with E-state index in [1.807, 2.05) is 30.5 Å². The predicted molar refractivity (Wildman–Crippen MR) is 91.9 cm³/mol. The van der Waals surface area contributed by atoms with Gasteiger partial charge < -0.3 is 4.74 Å². The minimum atomic E-state index is -0.231. The molecule has 0 saturated heterocycles. The smallest absolute Gasteiger partial charge is 0.339 e. The van der Waals surface area contributed by atoms with E-state index in [0.717, 1.165) is 16.7 Å². The molecular formula is C19H18O2S. The van der Waals surface area contributed by atoms with Crippen LogP contribution in [0.1, 0.15) is 22.3 Å². The Bertz CT molecular complexity index is 758. The van der Waals surface area contributed by atoms with Crippen LogP contribution in [0, 0.1) is 13.8 Å². The largest absolute Gasteiger partial charge is 0.457 e. The SMILES string of the molecule is CSc1ccc(C2=C(c3ccc(C)c(C)c3)COC2=O)cc1. The summed E-state index contributed by atoms with van der Waals surface area (Å²) >= 11 is 1.69. The van der Waals surface area contributed by atoms with Gasteiger partial charge in [0.05, 0.1) is 5.57 Å². The molecule has 1 aliphatic rings. The van der Waals surface area contributed by atoms with Gasteiger partial charge in [0.25, 0.3) is 0 Å². The zero-order valence-corrected chi connectivity index (χ0v) is 13.8. The zero-order chi connectivity index (χ0) is 15.7. The molecule has 0 radical (unpaired) electrons. The van der Waals surface area contributed by atoms with Gasteiger partial charge in [-0.15, -0.1) is 11.8 Å². The fourth-order valence-corrected chi connectivity index (χ4v) is 3.02. The molecule has 0 aromatic heterocycles. The molecule has 0 saturated carbocycles. The van der Waals surface area contributed by atoms with Crippen LogP contribution in [-0.4, -0.2) is 18.8 Å². The molecule has 0 N–H and O–H groups in total. The molecule has 0 spiro atoms. The van der Waals surface area contributed by atoms with Crippen molar-refractivity contribution in [3.63, 3.8) is 0 Å². The van der Waals surface area contributed by atoms with E-state index < -0.39 is 0 Å². The van der Waals surface area contributed by atoms with Gasteiger partial charge in [0.2, 0.25) is 0 Å². The molecule has 2 nitrogen and oxygen atoms in total. The number of rotatable bonds is 3. The lowest BCUT2D eigenvalue weighted by atomic mass is 9.94. The molecule has 112 valence electrons. The second-order valence-electron chi connectivity index (χ2n) is 5.46. The lowest BCUT2D eigenvalue weighted by Crippen LogP contribution is -1.98. The fraction of sp³-hybridized carbons (Fsp3) is 0.211. The van der Waals surface area contributed by atoms with Gasteiger partial charge in [-0.3, -0.25) is 0 Å². The lowest BCUT2D eigenvalue weighted by molar-refractivity contribution is -0.133. The Balaban J connectivity index is 2.10. The van der Waals surface area contributed by atoms with Crippen molar-refractivity contribution in [2.75, 3.05) is 12.9 Å². The number of hydrogen-bond donors (Lipinski definition) is 0. The van der Waals surface area contributed by atoms with Gasteiger partial charge in [-0.05, 0) is 54.5 Å². The number of cyclic esters (lactones) is 1. The molecule has 22 heavy (non-hydrogen) atoms. The van der Waals surface area contributed by atoms with Crippen LogP contribution in [0.4, 0.5) is 0 Å². The summed E-state index contributed by atoms with van der Waals surface area (Å²) in [6.45, 7) is 4.52.